The molecule has 32 heavy (non-hydrogen) atoms. The summed E-state index contributed by atoms with van der Waals surface area (Å²) >= 11 is 3.75. The van der Waals surface area contributed by atoms with Gasteiger partial charge in [0.05, 0.1) is 34.0 Å². The van der Waals surface area contributed by atoms with E-state index < -0.39 is 0 Å². The molecule has 1 saturated heterocycles. The molecule has 1 heterocycles. The van der Waals surface area contributed by atoms with E-state index in [1.54, 1.807) is 14.2 Å². The molecule has 3 atom stereocenters. The molecule has 1 aromatic carbocycles. The van der Waals surface area contributed by atoms with Gasteiger partial charge >= 0.3 is 0 Å². The highest BCUT2D eigenvalue weighted by atomic mass is 79.9. The summed E-state index contributed by atoms with van der Waals surface area (Å²) in [5, 5.41) is 0. The summed E-state index contributed by atoms with van der Waals surface area (Å²) in [6.45, 7) is 12.3. The Morgan fingerprint density at radius 3 is 2.44 bits per heavy atom. The van der Waals surface area contributed by atoms with E-state index in [9.17, 15) is 0 Å². The number of methoxy groups -OCH3 is 2. The Bertz CT molecular complexity index is 775. The van der Waals surface area contributed by atoms with Gasteiger partial charge in [0.1, 0.15) is 26.2 Å². The molecule has 0 N–H and O–H groups in total. The van der Waals surface area contributed by atoms with Crippen LogP contribution >= 0.6 is 15.9 Å². The van der Waals surface area contributed by atoms with Crippen molar-refractivity contribution in [2.45, 2.75) is 46.1 Å². The first kappa shape index (κ1) is 24.3. The minimum atomic E-state index is 0.568. The lowest BCUT2D eigenvalue weighted by Crippen LogP contribution is -2.56. The summed E-state index contributed by atoms with van der Waals surface area (Å²) in [4.78, 5) is 0. The molecule has 4 fully saturated rings. The predicted molar refractivity (Wildman–Crippen MR) is 130 cm³/mol. The van der Waals surface area contributed by atoms with Gasteiger partial charge in [-0.05, 0) is 61.0 Å². The van der Waals surface area contributed by atoms with Gasteiger partial charge in [0.15, 0.2) is 11.5 Å². The van der Waals surface area contributed by atoms with E-state index in [2.05, 4.69) is 35.8 Å². The van der Waals surface area contributed by atoms with Crippen molar-refractivity contribution < 1.29 is 23.4 Å². The summed E-state index contributed by atoms with van der Waals surface area (Å²) in [5.74, 6) is 4.30. The molecule has 4 aliphatic rings. The lowest BCUT2D eigenvalue weighted by atomic mass is 9.45. The quantitative estimate of drug-likeness (QED) is 0.316. The van der Waals surface area contributed by atoms with E-state index in [1.165, 1.54) is 31.2 Å². The number of rotatable bonds is 10. The van der Waals surface area contributed by atoms with E-state index in [0.717, 1.165) is 90.8 Å². The average Bonchev–Trinajstić information content (AvgIpc) is 2.80. The van der Waals surface area contributed by atoms with Gasteiger partial charge in [-0.25, -0.2) is 0 Å². The van der Waals surface area contributed by atoms with Crippen molar-refractivity contribution in [1.29, 1.82) is 0 Å². The number of quaternary nitrogens is 1. The first-order valence-corrected chi connectivity index (χ1v) is 13.1. The zero-order valence-electron chi connectivity index (χ0n) is 20.3. The van der Waals surface area contributed by atoms with Crippen LogP contribution in [-0.2, 0) is 16.0 Å². The highest BCUT2D eigenvalue weighted by molar-refractivity contribution is 9.10. The van der Waals surface area contributed by atoms with Gasteiger partial charge in [0, 0.05) is 16.6 Å². The maximum atomic E-state index is 6.23. The number of morpholine rings is 1. The van der Waals surface area contributed by atoms with Crippen LogP contribution < -0.4 is 9.47 Å². The van der Waals surface area contributed by atoms with Crippen LogP contribution in [0.4, 0.5) is 0 Å². The van der Waals surface area contributed by atoms with E-state index >= 15 is 0 Å². The molecule has 0 spiro atoms. The van der Waals surface area contributed by atoms with Crippen molar-refractivity contribution in [1.82, 2.24) is 0 Å². The van der Waals surface area contributed by atoms with Crippen LogP contribution in [0.25, 0.3) is 0 Å². The highest BCUT2D eigenvalue weighted by Gasteiger charge is 2.53. The second-order valence-electron chi connectivity index (χ2n) is 10.7. The predicted octanol–water partition coefficient (Wildman–Crippen LogP) is 5.29. The molecule has 180 valence electrons. The van der Waals surface area contributed by atoms with Crippen molar-refractivity contribution in [3.8, 4) is 11.5 Å². The molecular weight excluding hydrogens is 470 g/mol. The fourth-order valence-corrected chi connectivity index (χ4v) is 6.92. The van der Waals surface area contributed by atoms with Crippen LogP contribution in [0.5, 0.6) is 11.5 Å². The molecule has 6 heteroatoms. The SMILES string of the molecule is COc1cc(Br)c(C[N+]2(CCOCC[C@@H]3CC[C@@H]4C[C@H]3C4(C)C)CCOCC2)cc1OC. The Morgan fingerprint density at radius 2 is 1.78 bits per heavy atom. The standard InChI is InChI=1S/C26H41BrNO4/c1-26(2)21-6-5-19(22(26)16-21)7-11-31-12-8-28(9-13-32-14-10-28)18-20-15-24(29-3)25(30-4)17-23(20)27/h15,17,19,21-22H,5-14,16,18H2,1-4H3/q+1/t19-,21+,22+/m0/s1. The van der Waals surface area contributed by atoms with Gasteiger partial charge in [-0.1, -0.05) is 29.8 Å². The van der Waals surface area contributed by atoms with Gasteiger partial charge < -0.3 is 23.4 Å². The second kappa shape index (κ2) is 10.2. The summed E-state index contributed by atoms with van der Waals surface area (Å²) in [6, 6.07) is 4.12. The minimum Gasteiger partial charge on any atom is -0.493 e. The minimum absolute atomic E-state index is 0.568. The van der Waals surface area contributed by atoms with E-state index in [-0.39, 0.29) is 0 Å². The first-order chi connectivity index (χ1) is 15.4. The normalized spacial score (nSPS) is 28.1. The van der Waals surface area contributed by atoms with Gasteiger partial charge in [0.25, 0.3) is 0 Å². The Labute approximate surface area is 202 Å². The first-order valence-electron chi connectivity index (χ1n) is 12.3. The maximum Gasteiger partial charge on any atom is 0.161 e. The largest absolute Gasteiger partial charge is 0.493 e. The molecular formula is C26H41BrNO4+. The van der Waals surface area contributed by atoms with E-state index in [4.69, 9.17) is 18.9 Å². The van der Waals surface area contributed by atoms with Crippen LogP contribution in [0.2, 0.25) is 0 Å². The molecule has 0 unspecified atom stereocenters. The number of halogens is 1. The van der Waals surface area contributed by atoms with Crippen molar-refractivity contribution in [2.75, 3.05) is 60.3 Å². The average molecular weight is 512 g/mol. The summed E-state index contributed by atoms with van der Waals surface area (Å²) in [7, 11) is 3.37. The lowest BCUT2D eigenvalue weighted by Gasteiger charge is -2.60. The molecule has 3 saturated carbocycles. The number of hydrogen-bond donors (Lipinski definition) is 0. The third-order valence-electron chi connectivity index (χ3n) is 8.82. The van der Waals surface area contributed by atoms with E-state index in [0.29, 0.717) is 5.41 Å². The Hall–Kier alpha value is -0.820. The zero-order valence-corrected chi connectivity index (χ0v) is 21.9. The smallest absolute Gasteiger partial charge is 0.161 e. The van der Waals surface area contributed by atoms with Crippen LogP contribution in [0.1, 0.15) is 45.1 Å². The fourth-order valence-electron chi connectivity index (χ4n) is 6.47. The van der Waals surface area contributed by atoms with Crippen LogP contribution in [0.3, 0.4) is 0 Å². The highest BCUT2D eigenvalue weighted by Crippen LogP contribution is 2.61. The molecule has 0 radical (unpaired) electrons. The fraction of sp³-hybridized carbons (Fsp3) is 0.769. The number of nitrogens with zero attached hydrogens (tertiary/aromatic N) is 1. The second-order valence-corrected chi connectivity index (χ2v) is 11.5. The number of ether oxygens (including phenoxy) is 4. The van der Waals surface area contributed by atoms with Crippen molar-refractivity contribution in [3.05, 3.63) is 22.2 Å². The number of benzene rings is 1. The number of fused-ring (bicyclic) bond motifs is 2. The van der Waals surface area contributed by atoms with E-state index in [1.807, 2.05) is 6.07 Å². The molecule has 3 aliphatic carbocycles. The van der Waals surface area contributed by atoms with Crippen molar-refractivity contribution >= 4 is 15.9 Å². The molecule has 0 aromatic heterocycles. The lowest BCUT2D eigenvalue weighted by molar-refractivity contribution is -0.947. The third-order valence-corrected chi connectivity index (χ3v) is 9.56. The van der Waals surface area contributed by atoms with Gasteiger partial charge in [0.2, 0.25) is 0 Å². The van der Waals surface area contributed by atoms with Crippen molar-refractivity contribution in [3.63, 3.8) is 0 Å². The third kappa shape index (κ3) is 4.98. The Kier molecular flexibility index (Phi) is 7.75. The summed E-state index contributed by atoms with van der Waals surface area (Å²) in [5.41, 5.74) is 1.81. The Balaban J connectivity index is 1.32. The number of hydrogen-bond acceptors (Lipinski definition) is 4. The van der Waals surface area contributed by atoms with Crippen LogP contribution in [0, 0.1) is 23.2 Å². The molecule has 0 amide bonds. The summed E-state index contributed by atoms with van der Waals surface area (Å²) < 4.78 is 25.0. The zero-order chi connectivity index (χ0) is 22.8. The van der Waals surface area contributed by atoms with Gasteiger partial charge in [-0.2, -0.15) is 0 Å². The molecule has 2 bridgehead atoms. The summed E-state index contributed by atoms with van der Waals surface area (Å²) in [6.07, 6.45) is 5.52. The molecule has 1 aromatic rings. The van der Waals surface area contributed by atoms with Crippen molar-refractivity contribution in [2.24, 2.45) is 23.2 Å². The van der Waals surface area contributed by atoms with Gasteiger partial charge in [-0.15, -0.1) is 0 Å². The topological polar surface area (TPSA) is 36.9 Å². The van der Waals surface area contributed by atoms with Gasteiger partial charge in [-0.3, -0.25) is 0 Å². The van der Waals surface area contributed by atoms with Crippen LogP contribution in [0.15, 0.2) is 16.6 Å². The molecule has 5 nitrogen and oxygen atoms in total. The van der Waals surface area contributed by atoms with Crippen LogP contribution in [-0.4, -0.2) is 64.8 Å². The maximum absolute atomic E-state index is 6.23. The molecule has 5 rings (SSSR count). The molecule has 1 aliphatic heterocycles. The Morgan fingerprint density at radius 1 is 1.06 bits per heavy atom. The monoisotopic (exact) mass is 510 g/mol.